The summed E-state index contributed by atoms with van der Waals surface area (Å²) in [6.45, 7) is 2.74. The van der Waals surface area contributed by atoms with Crippen molar-refractivity contribution in [3.05, 3.63) is 10.2 Å². The van der Waals surface area contributed by atoms with E-state index in [1.165, 1.54) is 37.8 Å². The first kappa shape index (κ1) is 12.9. The van der Waals surface area contributed by atoms with Crippen LogP contribution in [0, 0.1) is 0 Å². The summed E-state index contributed by atoms with van der Waals surface area (Å²) in [5.74, 6) is -0.102. The second-order valence-corrected chi connectivity index (χ2v) is 6.41. The van der Waals surface area contributed by atoms with Crippen molar-refractivity contribution >= 4 is 21.1 Å². The van der Waals surface area contributed by atoms with Crippen LogP contribution < -0.4 is 4.44 Å². The van der Waals surface area contributed by atoms with Gasteiger partial charge in [0.15, 0.2) is 0 Å². The second kappa shape index (κ2) is 6.43. The number of allylic oxidation sites excluding steroid dienone is 2. The summed E-state index contributed by atoms with van der Waals surface area (Å²) in [4.78, 5) is 11.5. The van der Waals surface area contributed by atoms with Crippen molar-refractivity contribution in [2.45, 2.75) is 45.4 Å². The minimum absolute atomic E-state index is 0.102. The molecule has 2 N–H and O–H groups in total. The molecule has 1 heterocycles. The van der Waals surface area contributed by atoms with Crippen LogP contribution in [0.4, 0.5) is 0 Å². The number of hydrogen-bond acceptors (Lipinski definition) is 3. The predicted octanol–water partition coefficient (Wildman–Crippen LogP) is 0.528. The van der Waals surface area contributed by atoms with Crippen LogP contribution in [-0.2, 0) is 9.53 Å². The molecular weight excluding hydrogens is 283 g/mol. The Labute approximate surface area is 109 Å². The van der Waals surface area contributed by atoms with E-state index in [0.29, 0.717) is 28.3 Å². The number of quaternary nitrogens is 1. The molecule has 0 aromatic carbocycles. The normalized spacial score (nSPS) is 20.9. The van der Waals surface area contributed by atoms with Crippen molar-refractivity contribution in [1.29, 1.82) is 0 Å². The minimum atomic E-state index is -0.102. The fourth-order valence-electron chi connectivity index (χ4n) is 2.32. The van der Waals surface area contributed by atoms with E-state index in [9.17, 15) is 4.79 Å². The topological polar surface area (TPSA) is 46.1 Å². The van der Waals surface area contributed by atoms with Crippen molar-refractivity contribution in [2.24, 2.45) is 0 Å². The van der Waals surface area contributed by atoms with Crippen molar-refractivity contribution < 1.29 is 14.0 Å². The Morgan fingerprint density at radius 1 is 1.35 bits per heavy atom. The molecule has 0 bridgehead atoms. The van der Waals surface area contributed by atoms with Gasteiger partial charge in [-0.1, -0.05) is 0 Å². The third kappa shape index (κ3) is 3.47. The summed E-state index contributed by atoms with van der Waals surface area (Å²) in [5.41, 5.74) is 1.43. The maximum atomic E-state index is 11.5. The SMILES string of the molecule is CCOC(=O)CN1[NH2+][Se]C2=C1CCCCCC2. The van der Waals surface area contributed by atoms with Gasteiger partial charge in [-0.15, -0.1) is 0 Å². The van der Waals surface area contributed by atoms with Crippen molar-refractivity contribution in [3.8, 4) is 0 Å². The Balaban J connectivity index is 1.97. The molecule has 0 radical (unpaired) electrons. The molecule has 4 nitrogen and oxygen atoms in total. The van der Waals surface area contributed by atoms with Gasteiger partial charge in [0.05, 0.1) is 0 Å². The van der Waals surface area contributed by atoms with Gasteiger partial charge in [-0.25, -0.2) is 0 Å². The zero-order valence-electron chi connectivity index (χ0n) is 10.4. The fourth-order valence-corrected chi connectivity index (χ4v) is 4.57. The maximum absolute atomic E-state index is 11.5. The number of carbonyl (C=O) groups is 1. The summed E-state index contributed by atoms with van der Waals surface area (Å²) in [6, 6.07) is 0. The number of rotatable bonds is 3. The summed E-state index contributed by atoms with van der Waals surface area (Å²) in [6.07, 6.45) is 7.67. The first-order valence-corrected chi connectivity index (χ1v) is 8.30. The van der Waals surface area contributed by atoms with E-state index in [1.54, 1.807) is 4.47 Å². The van der Waals surface area contributed by atoms with Crippen molar-refractivity contribution in [1.82, 2.24) is 5.01 Å². The number of ether oxygens (including phenoxy) is 1. The quantitative estimate of drug-likeness (QED) is 0.470. The zero-order valence-corrected chi connectivity index (χ0v) is 12.1. The van der Waals surface area contributed by atoms with E-state index in [1.807, 2.05) is 6.92 Å². The standard InChI is InChI=1S/C12H20N2O2Se/c1-2-16-12(15)9-14-10-7-5-3-4-6-8-11(10)17-13-14/h13H,2-9H2,1H3/p+1. The van der Waals surface area contributed by atoms with Gasteiger partial charge in [-0.3, -0.25) is 0 Å². The van der Waals surface area contributed by atoms with Gasteiger partial charge in [0.1, 0.15) is 0 Å². The molecule has 1 aliphatic carbocycles. The molecule has 0 aromatic rings. The van der Waals surface area contributed by atoms with Crippen LogP contribution in [0.25, 0.3) is 0 Å². The number of esters is 1. The van der Waals surface area contributed by atoms with Crippen LogP contribution in [-0.4, -0.2) is 39.3 Å². The molecule has 0 saturated heterocycles. The summed E-state index contributed by atoms with van der Waals surface area (Å²) < 4.78 is 8.86. The van der Waals surface area contributed by atoms with Crippen LogP contribution >= 0.6 is 0 Å². The Morgan fingerprint density at radius 3 is 2.88 bits per heavy atom. The third-order valence-electron chi connectivity index (χ3n) is 3.16. The van der Waals surface area contributed by atoms with E-state index in [2.05, 4.69) is 9.45 Å². The molecule has 17 heavy (non-hydrogen) atoms. The second-order valence-electron chi connectivity index (χ2n) is 4.44. The number of hydrogen-bond donors (Lipinski definition) is 1. The third-order valence-corrected chi connectivity index (χ3v) is 5.44. The first-order valence-electron chi connectivity index (χ1n) is 6.45. The van der Waals surface area contributed by atoms with Crippen LogP contribution in [0.1, 0.15) is 45.4 Å². The van der Waals surface area contributed by atoms with Gasteiger partial charge in [0, 0.05) is 0 Å². The number of nitrogens with two attached hydrogens (primary N) is 1. The van der Waals surface area contributed by atoms with Gasteiger partial charge in [0.2, 0.25) is 0 Å². The van der Waals surface area contributed by atoms with E-state index < -0.39 is 0 Å². The molecule has 1 aliphatic heterocycles. The average Bonchev–Trinajstić information content (AvgIpc) is 2.60. The first-order chi connectivity index (χ1) is 8.31. The van der Waals surface area contributed by atoms with Gasteiger partial charge in [-0.2, -0.15) is 0 Å². The Morgan fingerprint density at radius 2 is 2.12 bits per heavy atom. The molecule has 2 aliphatic rings. The van der Waals surface area contributed by atoms with E-state index in [-0.39, 0.29) is 5.97 Å². The summed E-state index contributed by atoms with van der Waals surface area (Å²) >= 11 is 0.471. The van der Waals surface area contributed by atoms with Crippen LogP contribution in [0.2, 0.25) is 0 Å². The molecule has 5 heteroatoms. The number of carbonyl (C=O) groups excluding carboxylic acids is 1. The molecule has 0 spiro atoms. The van der Waals surface area contributed by atoms with Gasteiger partial charge < -0.3 is 0 Å². The van der Waals surface area contributed by atoms with Crippen LogP contribution in [0.5, 0.6) is 0 Å². The van der Waals surface area contributed by atoms with E-state index in [0.717, 1.165) is 6.42 Å². The molecule has 0 atom stereocenters. The molecule has 96 valence electrons. The summed E-state index contributed by atoms with van der Waals surface area (Å²) in [7, 11) is 0. The number of nitrogens with zero attached hydrogens (tertiary/aromatic N) is 1. The van der Waals surface area contributed by atoms with Gasteiger partial charge in [0.25, 0.3) is 0 Å². The zero-order chi connectivity index (χ0) is 12.1. The van der Waals surface area contributed by atoms with Crippen molar-refractivity contribution in [3.63, 3.8) is 0 Å². The molecule has 0 aromatic heterocycles. The Bertz CT molecular complexity index is 318. The molecule has 0 unspecified atom stereocenters. The predicted molar refractivity (Wildman–Crippen MR) is 65.7 cm³/mol. The van der Waals surface area contributed by atoms with Crippen LogP contribution in [0.3, 0.4) is 0 Å². The van der Waals surface area contributed by atoms with Gasteiger partial charge in [-0.05, 0) is 0 Å². The molecule has 0 fully saturated rings. The Hall–Kier alpha value is -0.511. The van der Waals surface area contributed by atoms with E-state index in [4.69, 9.17) is 4.74 Å². The van der Waals surface area contributed by atoms with Crippen LogP contribution in [0.15, 0.2) is 10.2 Å². The molecule has 0 saturated carbocycles. The molecule has 0 amide bonds. The molecular formula is C12H21N2O2Se+. The summed E-state index contributed by atoms with van der Waals surface area (Å²) in [5, 5.41) is 2.15. The average molecular weight is 304 g/mol. The van der Waals surface area contributed by atoms with Crippen molar-refractivity contribution in [2.75, 3.05) is 13.2 Å². The molecule has 2 rings (SSSR count). The van der Waals surface area contributed by atoms with Gasteiger partial charge >= 0.3 is 109 Å². The Kier molecular flexibility index (Phi) is 4.89. The fraction of sp³-hybridized carbons (Fsp3) is 0.750. The monoisotopic (exact) mass is 305 g/mol. The van der Waals surface area contributed by atoms with E-state index >= 15 is 0 Å².